The topological polar surface area (TPSA) is 23.8 Å². The van der Waals surface area contributed by atoms with Crippen LogP contribution in [0.5, 0.6) is 0 Å². The van der Waals surface area contributed by atoms with Crippen LogP contribution in [0.2, 0.25) is 0 Å². The second kappa shape index (κ2) is 6.97. The number of benzene rings is 2. The molecule has 0 spiro atoms. The monoisotopic (exact) mass is 424 g/mol. The van der Waals surface area contributed by atoms with Crippen molar-refractivity contribution in [1.82, 2.24) is 0 Å². The van der Waals surface area contributed by atoms with Crippen molar-refractivity contribution in [3.05, 3.63) is 58.7 Å². The zero-order valence-corrected chi connectivity index (χ0v) is 14.7. The lowest BCUT2D eigenvalue weighted by Crippen LogP contribution is -2.60. The van der Waals surface area contributed by atoms with E-state index in [-0.39, 0.29) is 28.3 Å². The van der Waals surface area contributed by atoms with Crippen molar-refractivity contribution in [1.29, 1.82) is 5.26 Å². The van der Waals surface area contributed by atoms with Crippen molar-refractivity contribution in [2.75, 3.05) is 0 Å². The highest BCUT2D eigenvalue weighted by atomic mass is 19.4. The fourth-order valence-corrected chi connectivity index (χ4v) is 2.94. The van der Waals surface area contributed by atoms with Crippen LogP contribution < -0.4 is 0 Å². The Morgan fingerprint density at radius 1 is 0.828 bits per heavy atom. The van der Waals surface area contributed by atoms with Gasteiger partial charge in [0.05, 0.1) is 11.6 Å². The van der Waals surface area contributed by atoms with E-state index >= 15 is 4.39 Å². The van der Waals surface area contributed by atoms with E-state index in [1.807, 2.05) is 0 Å². The number of hydrogen-bond donors (Lipinski definition) is 0. The van der Waals surface area contributed by atoms with E-state index in [1.165, 1.54) is 0 Å². The van der Waals surface area contributed by atoms with Gasteiger partial charge in [-0.05, 0) is 54.3 Å². The Labute approximate surface area is 159 Å². The molecule has 0 amide bonds. The number of hydrogen-bond acceptors (Lipinski definition) is 1. The minimum atomic E-state index is -6.82. The Morgan fingerprint density at radius 2 is 1.34 bits per heavy atom. The standard InChI is InChI=1S/C19H11F9N/c1-10-7-11(2)15(13-5-3-12(9-29)4-6-13)14(8-10)16(20,18(23,24)25)17(21,22)19(26,27)28/h3-6,8H,1-2H3. The maximum absolute atomic E-state index is 15.1. The molecule has 0 aliphatic rings. The maximum atomic E-state index is 15.1. The zero-order chi connectivity index (χ0) is 22.4. The van der Waals surface area contributed by atoms with Gasteiger partial charge in [0.25, 0.3) is 0 Å². The summed E-state index contributed by atoms with van der Waals surface area (Å²) in [6.07, 6.45) is -13.4. The van der Waals surface area contributed by atoms with Gasteiger partial charge in [-0.25, -0.2) is 4.39 Å². The summed E-state index contributed by atoms with van der Waals surface area (Å²) in [5.74, 6) is -6.78. The summed E-state index contributed by atoms with van der Waals surface area (Å²) in [5.41, 5.74) is -9.53. The summed E-state index contributed by atoms with van der Waals surface area (Å²) in [6.45, 7) is 2.19. The van der Waals surface area contributed by atoms with Gasteiger partial charge in [-0.1, -0.05) is 18.2 Å². The molecule has 1 nitrogen and oxygen atoms in total. The third-order valence-electron chi connectivity index (χ3n) is 4.24. The number of rotatable bonds is 3. The maximum Gasteiger partial charge on any atom is 0.457 e. The molecule has 1 radical (unpaired) electrons. The second-order valence-electron chi connectivity index (χ2n) is 6.28. The molecule has 0 fully saturated rings. The van der Waals surface area contributed by atoms with Crippen molar-refractivity contribution in [3.63, 3.8) is 0 Å². The molecule has 2 rings (SSSR count). The van der Waals surface area contributed by atoms with Crippen molar-refractivity contribution in [2.24, 2.45) is 0 Å². The van der Waals surface area contributed by atoms with Gasteiger partial charge in [0.2, 0.25) is 0 Å². The number of nitrogens with zero attached hydrogens (tertiary/aromatic N) is 1. The van der Waals surface area contributed by atoms with Gasteiger partial charge in [0, 0.05) is 5.56 Å². The van der Waals surface area contributed by atoms with Gasteiger partial charge < -0.3 is 0 Å². The molecule has 1 unspecified atom stereocenters. The molecule has 0 aliphatic carbocycles. The minimum Gasteiger partial charge on any atom is -0.221 e. The van der Waals surface area contributed by atoms with E-state index in [9.17, 15) is 35.1 Å². The van der Waals surface area contributed by atoms with Crippen molar-refractivity contribution in [3.8, 4) is 17.2 Å². The lowest BCUT2D eigenvalue weighted by atomic mass is 9.80. The minimum absolute atomic E-state index is 0.0481. The Hall–Kier alpha value is -2.70. The molecule has 0 aromatic heterocycles. The van der Waals surface area contributed by atoms with Crippen LogP contribution in [0.15, 0.2) is 30.3 Å². The second-order valence-corrected chi connectivity index (χ2v) is 6.28. The average molecular weight is 424 g/mol. The first-order valence-electron chi connectivity index (χ1n) is 7.82. The van der Waals surface area contributed by atoms with E-state index in [0.29, 0.717) is 0 Å². The number of halogens is 9. The molecular weight excluding hydrogens is 413 g/mol. The predicted molar refractivity (Wildman–Crippen MR) is 84.7 cm³/mol. The summed E-state index contributed by atoms with van der Waals surface area (Å²) in [5, 5.41) is 8.79. The number of alkyl halides is 9. The predicted octanol–water partition coefficient (Wildman–Crippen LogP) is 6.57. The fourth-order valence-electron chi connectivity index (χ4n) is 2.94. The third-order valence-corrected chi connectivity index (χ3v) is 4.24. The highest BCUT2D eigenvalue weighted by molar-refractivity contribution is 5.73. The molecule has 2 aromatic rings. The van der Waals surface area contributed by atoms with Crippen LogP contribution in [0.1, 0.15) is 22.3 Å². The number of nitriles is 1. The molecule has 0 bridgehead atoms. The van der Waals surface area contributed by atoms with Crippen LogP contribution >= 0.6 is 0 Å². The normalized spacial score (nSPS) is 15.0. The summed E-state index contributed by atoms with van der Waals surface area (Å²) in [6, 6.07) is 8.74. The van der Waals surface area contributed by atoms with Gasteiger partial charge in [-0.15, -0.1) is 0 Å². The Kier molecular flexibility index (Phi) is 5.43. The first-order chi connectivity index (χ1) is 13.1. The van der Waals surface area contributed by atoms with Gasteiger partial charge in [0.15, 0.2) is 0 Å². The molecular formula is C19H11F9N. The summed E-state index contributed by atoms with van der Waals surface area (Å²) in [4.78, 5) is 0. The fraction of sp³-hybridized carbons (Fsp3) is 0.316. The highest BCUT2D eigenvalue weighted by Crippen LogP contribution is 2.60. The van der Waals surface area contributed by atoms with E-state index in [2.05, 4.69) is 6.07 Å². The van der Waals surface area contributed by atoms with E-state index in [0.717, 1.165) is 38.1 Å². The third kappa shape index (κ3) is 3.54. The van der Waals surface area contributed by atoms with Crippen molar-refractivity contribution >= 4 is 0 Å². The average Bonchev–Trinajstić information content (AvgIpc) is 2.58. The smallest absolute Gasteiger partial charge is 0.221 e. The molecule has 155 valence electrons. The lowest BCUT2D eigenvalue weighted by Gasteiger charge is -2.37. The Bertz CT molecular complexity index is 950. The van der Waals surface area contributed by atoms with Crippen LogP contribution in [0.3, 0.4) is 0 Å². The molecule has 0 aliphatic heterocycles. The highest BCUT2D eigenvalue weighted by Gasteiger charge is 2.82. The van der Waals surface area contributed by atoms with Gasteiger partial charge in [0.1, 0.15) is 0 Å². The molecule has 2 aromatic carbocycles. The Balaban J connectivity index is 2.98. The number of aryl methyl sites for hydroxylation is 2. The van der Waals surface area contributed by atoms with E-state index < -0.39 is 35.1 Å². The molecule has 29 heavy (non-hydrogen) atoms. The molecule has 0 saturated heterocycles. The largest absolute Gasteiger partial charge is 0.457 e. The SMILES string of the molecule is Cc1[c]c(C)c(-c2ccc(C#N)cc2)c(C(F)(C(F)(F)F)C(F)(F)C(F)(F)F)c1. The first-order valence-corrected chi connectivity index (χ1v) is 7.82. The van der Waals surface area contributed by atoms with E-state index in [1.54, 1.807) is 6.07 Å². The lowest BCUT2D eigenvalue weighted by molar-refractivity contribution is -0.389. The molecule has 1 atom stereocenters. The van der Waals surface area contributed by atoms with Crippen molar-refractivity contribution in [2.45, 2.75) is 37.8 Å². The summed E-state index contributed by atoms with van der Waals surface area (Å²) < 4.78 is 122. The summed E-state index contributed by atoms with van der Waals surface area (Å²) >= 11 is 0. The van der Waals surface area contributed by atoms with Gasteiger partial charge >= 0.3 is 23.9 Å². The van der Waals surface area contributed by atoms with E-state index in [4.69, 9.17) is 5.26 Å². The van der Waals surface area contributed by atoms with Crippen LogP contribution in [-0.2, 0) is 5.67 Å². The van der Waals surface area contributed by atoms with Crippen molar-refractivity contribution < 1.29 is 39.5 Å². The molecule has 10 heteroatoms. The van der Waals surface area contributed by atoms with Gasteiger partial charge in [-0.2, -0.15) is 40.4 Å². The van der Waals surface area contributed by atoms with Crippen LogP contribution in [0.25, 0.3) is 11.1 Å². The van der Waals surface area contributed by atoms with Crippen LogP contribution in [-0.4, -0.2) is 18.3 Å². The van der Waals surface area contributed by atoms with Crippen LogP contribution in [0.4, 0.5) is 39.5 Å². The Morgan fingerprint density at radius 3 is 1.76 bits per heavy atom. The molecule has 0 heterocycles. The summed E-state index contributed by atoms with van der Waals surface area (Å²) in [7, 11) is 0. The molecule has 0 saturated carbocycles. The zero-order valence-electron chi connectivity index (χ0n) is 14.7. The molecule has 0 N–H and O–H groups in total. The van der Waals surface area contributed by atoms with Crippen LogP contribution in [0, 0.1) is 31.2 Å². The quantitative estimate of drug-likeness (QED) is 0.512. The van der Waals surface area contributed by atoms with Gasteiger partial charge in [-0.3, -0.25) is 0 Å². The first kappa shape index (κ1) is 22.6.